The van der Waals surface area contributed by atoms with Crippen LogP contribution in [0.25, 0.3) is 0 Å². The van der Waals surface area contributed by atoms with Gasteiger partial charge in [0, 0.05) is 18.8 Å². The zero-order chi connectivity index (χ0) is 15.6. The molecule has 5 heteroatoms. The van der Waals surface area contributed by atoms with Gasteiger partial charge in [0.25, 0.3) is 0 Å². The maximum Gasteiger partial charge on any atom is 0.241 e. The van der Waals surface area contributed by atoms with Gasteiger partial charge in [0.1, 0.15) is 5.82 Å². The van der Waals surface area contributed by atoms with Crippen LogP contribution in [0.15, 0.2) is 18.2 Å². The van der Waals surface area contributed by atoms with E-state index >= 15 is 0 Å². The van der Waals surface area contributed by atoms with Crippen LogP contribution in [0.4, 0.5) is 10.1 Å². The fraction of sp³-hybridized carbons (Fsp3) is 0.562. The van der Waals surface area contributed by atoms with Crippen LogP contribution in [-0.2, 0) is 4.79 Å². The fourth-order valence-corrected chi connectivity index (χ4v) is 3.19. The molecule has 0 bridgehead atoms. The summed E-state index contributed by atoms with van der Waals surface area (Å²) >= 11 is 5.73. The molecule has 2 rings (SSSR count). The molecule has 0 aliphatic carbocycles. The standard InChI is InChI=1S/C16H22ClFN2O/c1-10-6-11(2)9-20(8-10)12(3)16(21)19-13-4-5-15(18)14(17)7-13/h4-5,7,10-12H,6,8-9H2,1-3H3,(H,19,21). The van der Waals surface area contributed by atoms with E-state index in [2.05, 4.69) is 24.1 Å². The van der Waals surface area contributed by atoms with Crippen LogP contribution < -0.4 is 5.32 Å². The Balaban J connectivity index is 2.00. The van der Waals surface area contributed by atoms with Gasteiger partial charge in [-0.2, -0.15) is 0 Å². The Morgan fingerprint density at radius 2 is 2.00 bits per heavy atom. The molecule has 3 unspecified atom stereocenters. The number of likely N-dealkylation sites (tertiary alicyclic amines) is 1. The third-order valence-electron chi connectivity index (χ3n) is 4.01. The molecule has 116 valence electrons. The van der Waals surface area contributed by atoms with E-state index in [0.717, 1.165) is 13.1 Å². The molecule has 1 fully saturated rings. The maximum atomic E-state index is 13.1. The van der Waals surface area contributed by atoms with Gasteiger partial charge in [-0.3, -0.25) is 9.69 Å². The SMILES string of the molecule is CC1CC(C)CN(C(C)C(=O)Nc2ccc(F)c(Cl)c2)C1. The first-order valence-electron chi connectivity index (χ1n) is 7.36. The number of nitrogens with zero attached hydrogens (tertiary/aromatic N) is 1. The second kappa shape index (κ2) is 6.75. The lowest BCUT2D eigenvalue weighted by Gasteiger charge is -2.38. The smallest absolute Gasteiger partial charge is 0.241 e. The number of halogens is 2. The minimum atomic E-state index is -0.485. The summed E-state index contributed by atoms with van der Waals surface area (Å²) in [7, 11) is 0. The second-order valence-corrected chi connectivity index (χ2v) is 6.60. The van der Waals surface area contributed by atoms with Crippen LogP contribution in [-0.4, -0.2) is 29.9 Å². The summed E-state index contributed by atoms with van der Waals surface area (Å²) in [6.45, 7) is 8.21. The summed E-state index contributed by atoms with van der Waals surface area (Å²) in [6, 6.07) is 4.00. The predicted octanol–water partition coefficient (Wildman–Crippen LogP) is 3.78. The third kappa shape index (κ3) is 4.17. The van der Waals surface area contributed by atoms with Gasteiger partial charge in [0.2, 0.25) is 5.91 Å². The van der Waals surface area contributed by atoms with Crippen molar-refractivity contribution in [2.24, 2.45) is 11.8 Å². The van der Waals surface area contributed by atoms with E-state index in [1.54, 1.807) is 0 Å². The zero-order valence-corrected chi connectivity index (χ0v) is 13.5. The van der Waals surface area contributed by atoms with Gasteiger partial charge in [-0.15, -0.1) is 0 Å². The quantitative estimate of drug-likeness (QED) is 0.921. The molecule has 1 N–H and O–H groups in total. The monoisotopic (exact) mass is 312 g/mol. The molecule has 1 saturated heterocycles. The van der Waals surface area contributed by atoms with Crippen LogP contribution in [0.3, 0.4) is 0 Å². The average molecular weight is 313 g/mol. The van der Waals surface area contributed by atoms with Gasteiger partial charge in [-0.1, -0.05) is 25.4 Å². The summed E-state index contributed by atoms with van der Waals surface area (Å²) in [5.74, 6) is 0.633. The molecule has 1 heterocycles. The molecular weight excluding hydrogens is 291 g/mol. The molecule has 1 aliphatic rings. The highest BCUT2D eigenvalue weighted by Gasteiger charge is 2.28. The van der Waals surface area contributed by atoms with Crippen molar-refractivity contribution in [3.8, 4) is 0 Å². The number of amides is 1. The topological polar surface area (TPSA) is 32.3 Å². The lowest BCUT2D eigenvalue weighted by Crippen LogP contribution is -2.48. The van der Waals surface area contributed by atoms with Crippen molar-refractivity contribution in [2.45, 2.75) is 33.2 Å². The van der Waals surface area contributed by atoms with Gasteiger partial charge < -0.3 is 5.32 Å². The Labute approximate surface area is 130 Å². The minimum absolute atomic E-state index is 0.0145. The van der Waals surface area contributed by atoms with Crippen molar-refractivity contribution >= 4 is 23.2 Å². The third-order valence-corrected chi connectivity index (χ3v) is 4.30. The van der Waals surface area contributed by atoms with Crippen molar-refractivity contribution in [1.29, 1.82) is 0 Å². The van der Waals surface area contributed by atoms with E-state index in [-0.39, 0.29) is 17.0 Å². The first-order chi connectivity index (χ1) is 9.86. The molecular formula is C16H22ClFN2O. The highest BCUT2D eigenvalue weighted by Crippen LogP contribution is 2.24. The summed E-state index contributed by atoms with van der Waals surface area (Å²) in [5.41, 5.74) is 0.524. The van der Waals surface area contributed by atoms with Crippen LogP contribution in [0, 0.1) is 17.7 Å². The van der Waals surface area contributed by atoms with E-state index in [4.69, 9.17) is 11.6 Å². The van der Waals surface area contributed by atoms with Gasteiger partial charge >= 0.3 is 0 Å². The largest absolute Gasteiger partial charge is 0.325 e. The summed E-state index contributed by atoms with van der Waals surface area (Å²) in [4.78, 5) is 14.5. The number of rotatable bonds is 3. The summed E-state index contributed by atoms with van der Waals surface area (Å²) in [5, 5.41) is 2.82. The molecule has 1 amide bonds. The molecule has 0 saturated carbocycles. The number of hydrogen-bond acceptors (Lipinski definition) is 2. The molecule has 0 spiro atoms. The molecule has 0 aromatic heterocycles. The van der Waals surface area contributed by atoms with Crippen molar-refractivity contribution in [3.05, 3.63) is 29.0 Å². The first-order valence-corrected chi connectivity index (χ1v) is 7.74. The Morgan fingerprint density at radius 3 is 2.57 bits per heavy atom. The maximum absolute atomic E-state index is 13.1. The molecule has 21 heavy (non-hydrogen) atoms. The van der Waals surface area contributed by atoms with Gasteiger partial charge in [-0.25, -0.2) is 4.39 Å². The van der Waals surface area contributed by atoms with Crippen molar-refractivity contribution < 1.29 is 9.18 Å². The second-order valence-electron chi connectivity index (χ2n) is 6.19. The zero-order valence-electron chi connectivity index (χ0n) is 12.7. The number of nitrogens with one attached hydrogen (secondary N) is 1. The molecule has 1 aliphatic heterocycles. The fourth-order valence-electron chi connectivity index (χ4n) is 3.01. The normalized spacial score (nSPS) is 24.6. The number of carbonyl (C=O) groups is 1. The number of benzene rings is 1. The molecule has 1 aromatic carbocycles. The van der Waals surface area contributed by atoms with E-state index in [0.29, 0.717) is 17.5 Å². The average Bonchev–Trinajstić information content (AvgIpc) is 2.41. The Morgan fingerprint density at radius 1 is 1.38 bits per heavy atom. The minimum Gasteiger partial charge on any atom is -0.325 e. The number of piperidine rings is 1. The first kappa shape index (κ1) is 16.2. The van der Waals surface area contributed by atoms with Crippen molar-refractivity contribution in [2.75, 3.05) is 18.4 Å². The van der Waals surface area contributed by atoms with Crippen LogP contribution >= 0.6 is 11.6 Å². The predicted molar refractivity (Wildman–Crippen MR) is 84.0 cm³/mol. The van der Waals surface area contributed by atoms with Gasteiger partial charge in [0.15, 0.2) is 0 Å². The van der Waals surface area contributed by atoms with Gasteiger partial charge in [-0.05, 0) is 43.4 Å². The van der Waals surface area contributed by atoms with E-state index in [1.807, 2.05) is 6.92 Å². The highest BCUT2D eigenvalue weighted by atomic mass is 35.5. The van der Waals surface area contributed by atoms with Crippen LogP contribution in [0.5, 0.6) is 0 Å². The van der Waals surface area contributed by atoms with Crippen LogP contribution in [0.2, 0.25) is 5.02 Å². The number of carbonyl (C=O) groups excluding carboxylic acids is 1. The van der Waals surface area contributed by atoms with Gasteiger partial charge in [0.05, 0.1) is 11.1 Å². The number of anilines is 1. The highest BCUT2D eigenvalue weighted by molar-refractivity contribution is 6.31. The Kier molecular flexibility index (Phi) is 5.22. The summed E-state index contributed by atoms with van der Waals surface area (Å²) in [6.07, 6.45) is 1.21. The van der Waals surface area contributed by atoms with Crippen molar-refractivity contribution in [1.82, 2.24) is 4.90 Å². The van der Waals surface area contributed by atoms with E-state index in [9.17, 15) is 9.18 Å². The number of hydrogen-bond donors (Lipinski definition) is 1. The molecule has 0 radical (unpaired) electrons. The van der Waals surface area contributed by atoms with E-state index < -0.39 is 5.82 Å². The summed E-state index contributed by atoms with van der Waals surface area (Å²) < 4.78 is 13.1. The lowest BCUT2D eigenvalue weighted by atomic mass is 9.91. The van der Waals surface area contributed by atoms with Crippen LogP contribution in [0.1, 0.15) is 27.2 Å². The Bertz CT molecular complexity index is 513. The molecule has 3 atom stereocenters. The Hall–Kier alpha value is -1.13. The van der Waals surface area contributed by atoms with E-state index in [1.165, 1.54) is 24.6 Å². The van der Waals surface area contributed by atoms with Crippen molar-refractivity contribution in [3.63, 3.8) is 0 Å². The lowest BCUT2D eigenvalue weighted by molar-refractivity contribution is -0.121. The molecule has 3 nitrogen and oxygen atoms in total. The molecule has 1 aromatic rings.